The maximum absolute atomic E-state index is 13.8. The molecule has 0 amide bonds. The Morgan fingerprint density at radius 2 is 1.59 bits per heavy atom. The van der Waals surface area contributed by atoms with E-state index in [-0.39, 0.29) is 5.56 Å². The molecule has 0 saturated carbocycles. The van der Waals surface area contributed by atoms with E-state index in [9.17, 15) is 18.0 Å². The number of hydrogen-bond donors (Lipinski definition) is 0. The third-order valence-corrected chi connectivity index (χ3v) is 4.99. The van der Waals surface area contributed by atoms with Crippen LogP contribution in [0.25, 0.3) is 0 Å². The number of alkyl halides is 3. The van der Waals surface area contributed by atoms with Crippen molar-refractivity contribution in [3.05, 3.63) is 65.5 Å². The van der Waals surface area contributed by atoms with Crippen LogP contribution in [0.4, 0.5) is 13.2 Å². The molecule has 0 aliphatic rings. The van der Waals surface area contributed by atoms with Crippen LogP contribution < -0.4 is 0 Å². The molecule has 7 heteroatoms. The molecule has 0 fully saturated rings. The quantitative estimate of drug-likeness (QED) is 0.497. The van der Waals surface area contributed by atoms with Crippen LogP contribution in [-0.4, -0.2) is 19.8 Å². The van der Waals surface area contributed by atoms with Crippen LogP contribution in [0, 0.1) is 5.41 Å². The number of rotatable bonds is 5. The van der Waals surface area contributed by atoms with E-state index in [0.29, 0.717) is 5.56 Å². The van der Waals surface area contributed by atoms with Gasteiger partial charge in [-0.1, -0.05) is 51.1 Å². The van der Waals surface area contributed by atoms with Crippen LogP contribution in [0.1, 0.15) is 42.3 Å². The Kier molecular flexibility index (Phi) is 5.96. The predicted octanol–water partition coefficient (Wildman–Crippen LogP) is 5.49. The first-order valence-corrected chi connectivity index (χ1v) is 10.9. The van der Waals surface area contributed by atoms with Gasteiger partial charge in [-0.25, -0.2) is 0 Å². The molecule has 0 aliphatic carbocycles. The van der Waals surface area contributed by atoms with Crippen molar-refractivity contribution in [1.29, 1.82) is 0 Å². The van der Waals surface area contributed by atoms with Gasteiger partial charge in [-0.2, -0.15) is 13.2 Å². The number of Topliss-reactive ketones (excluding diaryl/α,β-unsaturated/α-hetero) is 1. The van der Waals surface area contributed by atoms with Crippen molar-refractivity contribution in [2.24, 2.45) is 5.41 Å². The van der Waals surface area contributed by atoms with Gasteiger partial charge in [0.1, 0.15) is 0 Å². The van der Waals surface area contributed by atoms with Crippen molar-refractivity contribution in [2.75, 3.05) is 0 Å². The summed E-state index contributed by atoms with van der Waals surface area (Å²) in [5.41, 5.74) is -3.57. The highest BCUT2D eigenvalue weighted by molar-refractivity contribution is 6.49. The van der Waals surface area contributed by atoms with Gasteiger partial charge in [0, 0.05) is 28.9 Å². The van der Waals surface area contributed by atoms with Crippen LogP contribution in [0.5, 0.6) is 0 Å². The van der Waals surface area contributed by atoms with Gasteiger partial charge in [0.15, 0.2) is 11.4 Å². The molecule has 1 aromatic carbocycles. The Morgan fingerprint density at radius 3 is 2.07 bits per heavy atom. The van der Waals surface area contributed by atoms with E-state index in [4.69, 9.17) is 4.43 Å². The number of carbonyl (C=O) groups excluding carboxylic acids is 1. The second kappa shape index (κ2) is 7.56. The normalized spacial score (nSPS) is 14.9. The third-order valence-electron chi connectivity index (χ3n) is 4.27. The molecule has 1 aromatic heterocycles. The molecule has 0 aliphatic heterocycles. The molecule has 0 N–H and O–H groups in total. The van der Waals surface area contributed by atoms with Crippen molar-refractivity contribution in [3.8, 4) is 0 Å². The van der Waals surface area contributed by atoms with E-state index in [0.717, 1.165) is 6.20 Å². The van der Waals surface area contributed by atoms with Crippen molar-refractivity contribution in [2.45, 2.75) is 45.6 Å². The van der Waals surface area contributed by atoms with Gasteiger partial charge in [-0.3, -0.25) is 9.78 Å². The summed E-state index contributed by atoms with van der Waals surface area (Å²) in [6, 6.07) is 9.55. The van der Waals surface area contributed by atoms with E-state index in [1.165, 1.54) is 12.3 Å². The number of nitrogens with zero attached hydrogens (tertiary/aromatic N) is 1. The maximum atomic E-state index is 13.8. The Labute approximate surface area is 159 Å². The van der Waals surface area contributed by atoms with Crippen molar-refractivity contribution in [3.63, 3.8) is 0 Å². The average Bonchev–Trinajstić information content (AvgIpc) is 2.58. The fourth-order valence-corrected chi connectivity index (χ4v) is 4.27. The molecule has 145 valence electrons. The number of benzene rings is 1. The van der Waals surface area contributed by atoms with Crippen LogP contribution >= 0.6 is 0 Å². The molecule has 0 bridgehead atoms. The number of halogens is 3. The maximum Gasteiger partial charge on any atom is 0.418 e. The van der Waals surface area contributed by atoms with Gasteiger partial charge in [0.05, 0.1) is 5.56 Å². The van der Waals surface area contributed by atoms with E-state index < -0.39 is 37.6 Å². The number of aromatic nitrogens is 1. The highest BCUT2D eigenvalue weighted by Gasteiger charge is 2.55. The van der Waals surface area contributed by atoms with Crippen LogP contribution in [-0.2, 0) is 16.2 Å². The third kappa shape index (κ3) is 4.14. The Bertz CT molecular complexity index is 801. The standard InChI is InChI=1S/C20H23F3NO2Si/c1-18(2,3)19(26-27(4)5,17(25)14-9-7-6-8-10-14)15-11-12-24-13-16(15)20(21,22)23/h6-13H,1-5H3. The predicted molar refractivity (Wildman–Crippen MR) is 99.7 cm³/mol. The minimum atomic E-state index is -4.66. The molecule has 3 nitrogen and oxygen atoms in total. The van der Waals surface area contributed by atoms with Gasteiger partial charge in [0.2, 0.25) is 9.04 Å². The van der Waals surface area contributed by atoms with Crippen molar-refractivity contribution in [1.82, 2.24) is 4.98 Å². The smallest absolute Gasteiger partial charge is 0.400 e. The largest absolute Gasteiger partial charge is 0.418 e. The first-order valence-electron chi connectivity index (χ1n) is 8.52. The molecular weight excluding hydrogens is 371 g/mol. The zero-order valence-corrected chi connectivity index (χ0v) is 17.0. The monoisotopic (exact) mass is 394 g/mol. The summed E-state index contributed by atoms with van der Waals surface area (Å²) in [5, 5.41) is 0. The second-order valence-electron chi connectivity index (χ2n) is 7.56. The lowest BCUT2D eigenvalue weighted by Gasteiger charge is -2.46. The van der Waals surface area contributed by atoms with Crippen LogP contribution in [0.15, 0.2) is 48.8 Å². The zero-order valence-electron chi connectivity index (χ0n) is 16.0. The molecule has 1 unspecified atom stereocenters. The first kappa shape index (κ1) is 21.3. The summed E-state index contributed by atoms with van der Waals surface area (Å²) in [6.45, 7) is 8.77. The molecule has 27 heavy (non-hydrogen) atoms. The van der Waals surface area contributed by atoms with Crippen LogP contribution in [0.2, 0.25) is 13.1 Å². The van der Waals surface area contributed by atoms with E-state index >= 15 is 0 Å². The van der Waals surface area contributed by atoms with Gasteiger partial charge >= 0.3 is 6.18 Å². The van der Waals surface area contributed by atoms with Crippen molar-refractivity contribution >= 4 is 14.8 Å². The van der Waals surface area contributed by atoms with Crippen LogP contribution in [0.3, 0.4) is 0 Å². The van der Waals surface area contributed by atoms with Gasteiger partial charge in [-0.05, 0) is 19.2 Å². The topological polar surface area (TPSA) is 39.2 Å². The van der Waals surface area contributed by atoms with Gasteiger partial charge < -0.3 is 4.43 Å². The minimum Gasteiger partial charge on any atom is -0.400 e. The number of hydrogen-bond acceptors (Lipinski definition) is 3. The summed E-state index contributed by atoms with van der Waals surface area (Å²) in [4.78, 5) is 17.3. The van der Waals surface area contributed by atoms with E-state index in [1.54, 1.807) is 64.2 Å². The average molecular weight is 394 g/mol. The van der Waals surface area contributed by atoms with Gasteiger partial charge in [-0.15, -0.1) is 0 Å². The molecule has 2 rings (SSSR count). The highest BCUT2D eigenvalue weighted by Crippen LogP contribution is 2.49. The number of pyridine rings is 1. The lowest BCUT2D eigenvalue weighted by atomic mass is 9.67. The Hall–Kier alpha value is -1.99. The fraction of sp³-hybridized carbons (Fsp3) is 0.400. The lowest BCUT2D eigenvalue weighted by molar-refractivity contribution is -0.141. The molecule has 1 heterocycles. The fourth-order valence-electron chi connectivity index (χ4n) is 3.15. The minimum absolute atomic E-state index is 0.197. The van der Waals surface area contributed by atoms with Gasteiger partial charge in [0.25, 0.3) is 0 Å². The van der Waals surface area contributed by atoms with E-state index in [2.05, 4.69) is 4.98 Å². The molecule has 0 saturated heterocycles. The molecular formula is C20H23F3NO2Si. The molecule has 1 radical (unpaired) electrons. The molecule has 2 aromatic rings. The Morgan fingerprint density at radius 1 is 1.00 bits per heavy atom. The summed E-state index contributed by atoms with van der Waals surface area (Å²) in [7, 11) is -1.54. The van der Waals surface area contributed by atoms with Crippen molar-refractivity contribution < 1.29 is 22.4 Å². The first-order chi connectivity index (χ1) is 12.4. The van der Waals surface area contributed by atoms with E-state index in [1.807, 2.05) is 0 Å². The summed E-state index contributed by atoms with van der Waals surface area (Å²) in [5.74, 6) is -0.488. The molecule has 0 spiro atoms. The summed E-state index contributed by atoms with van der Waals surface area (Å²) < 4.78 is 47.5. The lowest BCUT2D eigenvalue weighted by Crippen LogP contribution is -2.52. The summed E-state index contributed by atoms with van der Waals surface area (Å²) >= 11 is 0. The molecule has 1 atom stereocenters. The number of carbonyl (C=O) groups is 1. The Balaban J connectivity index is 2.88. The SMILES string of the molecule is C[Si](C)OC(C(=O)c1ccccc1)(c1ccncc1C(F)(F)F)C(C)(C)C. The zero-order chi connectivity index (χ0) is 20.5. The summed E-state index contributed by atoms with van der Waals surface area (Å²) in [6.07, 6.45) is -2.63. The number of ketones is 1. The highest BCUT2D eigenvalue weighted by atomic mass is 28.3. The second-order valence-corrected chi connectivity index (χ2v) is 9.58.